The molecule has 15 rings (SSSR count). The molecule has 0 fully saturated rings. The molecule has 0 radical (unpaired) electrons. The Hall–Kier alpha value is -10.7. The van der Waals surface area contributed by atoms with Crippen molar-refractivity contribution in [2.75, 3.05) is 0 Å². The van der Waals surface area contributed by atoms with Crippen LogP contribution in [0, 0.1) is 0 Å². The molecular weight excluding hydrogens is 969 g/mol. The van der Waals surface area contributed by atoms with Gasteiger partial charge in [-0.1, -0.05) is 255 Å². The summed E-state index contributed by atoms with van der Waals surface area (Å²) < 4.78 is 4.75. The first-order valence-corrected chi connectivity index (χ1v) is 27.3. The van der Waals surface area contributed by atoms with Crippen molar-refractivity contribution in [2.45, 2.75) is 0 Å². The summed E-state index contributed by atoms with van der Waals surface area (Å²) in [6, 6.07) is 109. The molecule has 0 aliphatic heterocycles. The Morgan fingerprint density at radius 3 is 0.775 bits per heavy atom. The number of aromatic nitrogens is 4. The van der Waals surface area contributed by atoms with E-state index in [1.165, 1.54) is 11.1 Å². The molecule has 0 unspecified atom stereocenters. The summed E-state index contributed by atoms with van der Waals surface area (Å²) in [5.74, 6) is 1.76. The van der Waals surface area contributed by atoms with Gasteiger partial charge in [0.05, 0.1) is 22.1 Å². The van der Waals surface area contributed by atoms with E-state index in [1.54, 1.807) is 0 Å². The second kappa shape index (κ2) is 19.7. The van der Waals surface area contributed by atoms with E-state index in [4.69, 9.17) is 9.97 Å². The van der Waals surface area contributed by atoms with E-state index in [2.05, 4.69) is 312 Å². The first-order valence-electron chi connectivity index (χ1n) is 27.3. The van der Waals surface area contributed by atoms with Crippen LogP contribution >= 0.6 is 0 Å². The summed E-state index contributed by atoms with van der Waals surface area (Å²) >= 11 is 0. The minimum absolute atomic E-state index is 0.882. The van der Waals surface area contributed by atoms with Crippen LogP contribution in [0.25, 0.3) is 145 Å². The molecule has 374 valence electrons. The third kappa shape index (κ3) is 8.09. The monoisotopic (exact) mass is 1020 g/mol. The van der Waals surface area contributed by atoms with Crippen molar-refractivity contribution >= 4 is 43.6 Å². The molecule has 4 nitrogen and oxygen atoms in total. The normalized spacial score (nSPS) is 11.5. The highest BCUT2D eigenvalue weighted by molar-refractivity contribution is 6.22. The van der Waals surface area contributed by atoms with Gasteiger partial charge in [-0.15, -0.1) is 0 Å². The van der Waals surface area contributed by atoms with Crippen molar-refractivity contribution in [3.63, 3.8) is 0 Å². The van der Waals surface area contributed by atoms with E-state index in [-0.39, 0.29) is 0 Å². The van der Waals surface area contributed by atoms with Crippen LogP contribution in [0.2, 0.25) is 0 Å². The van der Waals surface area contributed by atoms with Gasteiger partial charge in [-0.05, 0) is 137 Å². The molecule has 2 heterocycles. The van der Waals surface area contributed by atoms with Crippen molar-refractivity contribution in [2.24, 2.45) is 0 Å². The molecule has 0 N–H and O–H groups in total. The first kappa shape index (κ1) is 46.6. The Labute approximate surface area is 464 Å². The third-order valence-electron chi connectivity index (χ3n) is 15.7. The van der Waals surface area contributed by atoms with Crippen LogP contribution in [-0.4, -0.2) is 19.1 Å². The highest BCUT2D eigenvalue weighted by atomic mass is 15.1. The van der Waals surface area contributed by atoms with Gasteiger partial charge in [0.15, 0.2) is 0 Å². The average Bonchev–Trinajstić information content (AvgIpc) is 4.26. The molecule has 0 saturated heterocycles. The number of imidazole rings is 2. The number of hydrogen-bond acceptors (Lipinski definition) is 2. The summed E-state index contributed by atoms with van der Waals surface area (Å²) in [5.41, 5.74) is 21.9. The van der Waals surface area contributed by atoms with E-state index in [0.29, 0.717) is 0 Å². The van der Waals surface area contributed by atoms with Crippen LogP contribution in [0.3, 0.4) is 0 Å². The Morgan fingerprint density at radius 2 is 0.475 bits per heavy atom. The third-order valence-corrected chi connectivity index (χ3v) is 15.7. The molecule has 0 bridgehead atoms. The Kier molecular flexibility index (Phi) is 11.5. The second-order valence-electron chi connectivity index (χ2n) is 20.5. The highest BCUT2D eigenvalue weighted by Crippen LogP contribution is 2.47. The molecule has 0 spiro atoms. The lowest BCUT2D eigenvalue weighted by molar-refractivity contribution is 1.11. The van der Waals surface area contributed by atoms with Gasteiger partial charge in [-0.25, -0.2) is 9.97 Å². The standard InChI is InChI=1S/C76H50N4/c1-9-25-51(26-10-1)63-47-69-71(49-65(63)53-29-13-3-14-30-53)79(75(77-69)57-37-21-7-22-38-57)59-41-43-61-67(45-59)73(55-33-17-5-18-34-55)62-44-42-60(46-68(62)74(61)56-35-19-6-20-36-56)80-72-50-66(54-31-15-4-16-32-54)64(52-27-11-2-12-28-52)48-70(72)78-76(80)58-39-23-8-24-40-58/h1-50H. The van der Waals surface area contributed by atoms with E-state index in [9.17, 15) is 0 Å². The number of benzene rings is 13. The molecule has 0 aliphatic rings. The zero-order valence-corrected chi connectivity index (χ0v) is 43.7. The summed E-state index contributed by atoms with van der Waals surface area (Å²) in [4.78, 5) is 11.1. The highest BCUT2D eigenvalue weighted by Gasteiger charge is 2.24. The number of nitrogens with zero attached hydrogens (tertiary/aromatic N) is 4. The molecule has 0 aliphatic carbocycles. The van der Waals surface area contributed by atoms with Crippen LogP contribution in [0.5, 0.6) is 0 Å². The van der Waals surface area contributed by atoms with Crippen molar-refractivity contribution in [1.29, 1.82) is 0 Å². The van der Waals surface area contributed by atoms with E-state index < -0.39 is 0 Å². The van der Waals surface area contributed by atoms with Gasteiger partial charge in [0.2, 0.25) is 0 Å². The van der Waals surface area contributed by atoms with Crippen LogP contribution in [0.1, 0.15) is 0 Å². The topological polar surface area (TPSA) is 35.6 Å². The van der Waals surface area contributed by atoms with E-state index in [0.717, 1.165) is 133 Å². The van der Waals surface area contributed by atoms with Crippen LogP contribution in [-0.2, 0) is 0 Å². The predicted octanol–water partition coefficient (Wildman–Crippen LogP) is 20.0. The number of rotatable bonds is 10. The minimum Gasteiger partial charge on any atom is -0.292 e. The van der Waals surface area contributed by atoms with Gasteiger partial charge in [-0.2, -0.15) is 0 Å². The van der Waals surface area contributed by atoms with Crippen molar-refractivity contribution < 1.29 is 0 Å². The fourth-order valence-electron chi connectivity index (χ4n) is 12.1. The van der Waals surface area contributed by atoms with E-state index >= 15 is 0 Å². The van der Waals surface area contributed by atoms with Gasteiger partial charge in [0, 0.05) is 22.5 Å². The Balaban J connectivity index is 1.02. The molecule has 13 aromatic carbocycles. The Morgan fingerprint density at radius 1 is 0.212 bits per heavy atom. The molecule has 15 aromatic rings. The van der Waals surface area contributed by atoms with Crippen molar-refractivity contribution in [3.05, 3.63) is 303 Å². The molecule has 2 aromatic heterocycles. The van der Waals surface area contributed by atoms with Gasteiger partial charge >= 0.3 is 0 Å². The quantitative estimate of drug-likeness (QED) is 0.128. The lowest BCUT2D eigenvalue weighted by Gasteiger charge is -2.21. The maximum absolute atomic E-state index is 5.54. The lowest BCUT2D eigenvalue weighted by atomic mass is 9.85. The smallest absolute Gasteiger partial charge is 0.145 e. The molecule has 0 atom stereocenters. The summed E-state index contributed by atoms with van der Waals surface area (Å²) in [6.45, 7) is 0. The second-order valence-corrected chi connectivity index (χ2v) is 20.5. The molecular formula is C76H50N4. The lowest BCUT2D eigenvalue weighted by Crippen LogP contribution is -2.01. The SMILES string of the molecule is c1ccc(-c2cc3nc(-c4ccccc4)n(-c4ccc5c(-c6ccccc6)c6cc(-n7c(-c8ccccc8)nc8cc(-c9ccccc9)c(-c9ccccc9)cc87)ccc6c(-c6ccccc6)c5c4)c3cc2-c2ccccc2)cc1. The maximum atomic E-state index is 5.54. The summed E-state index contributed by atoms with van der Waals surface area (Å²) in [5, 5.41) is 4.61. The predicted molar refractivity (Wildman–Crippen MR) is 334 cm³/mol. The minimum atomic E-state index is 0.882. The van der Waals surface area contributed by atoms with Gasteiger partial charge < -0.3 is 0 Å². The molecule has 4 heteroatoms. The van der Waals surface area contributed by atoms with Crippen molar-refractivity contribution in [1.82, 2.24) is 19.1 Å². The number of fused-ring (bicyclic) bond motifs is 4. The van der Waals surface area contributed by atoms with Crippen LogP contribution < -0.4 is 0 Å². The van der Waals surface area contributed by atoms with Crippen LogP contribution in [0.4, 0.5) is 0 Å². The average molecular weight is 1020 g/mol. The Bertz CT molecular complexity index is 4440. The number of hydrogen-bond donors (Lipinski definition) is 0. The fourth-order valence-corrected chi connectivity index (χ4v) is 12.1. The zero-order valence-electron chi connectivity index (χ0n) is 43.7. The first-order chi connectivity index (χ1) is 39.7. The van der Waals surface area contributed by atoms with Crippen LogP contribution in [0.15, 0.2) is 303 Å². The van der Waals surface area contributed by atoms with Gasteiger partial charge in [0.25, 0.3) is 0 Å². The van der Waals surface area contributed by atoms with Gasteiger partial charge in [0.1, 0.15) is 11.6 Å². The van der Waals surface area contributed by atoms with Crippen molar-refractivity contribution in [3.8, 4) is 101 Å². The molecule has 80 heavy (non-hydrogen) atoms. The largest absolute Gasteiger partial charge is 0.292 e. The summed E-state index contributed by atoms with van der Waals surface area (Å²) in [7, 11) is 0. The maximum Gasteiger partial charge on any atom is 0.145 e. The molecule has 0 saturated carbocycles. The van der Waals surface area contributed by atoms with Gasteiger partial charge in [-0.3, -0.25) is 9.13 Å². The molecule has 0 amide bonds. The summed E-state index contributed by atoms with van der Waals surface area (Å²) in [6.07, 6.45) is 0. The zero-order chi connectivity index (χ0) is 52.9. The fraction of sp³-hybridized carbons (Fsp3) is 0. The van der Waals surface area contributed by atoms with E-state index in [1.807, 2.05) is 0 Å².